The van der Waals surface area contributed by atoms with Crippen LogP contribution in [0.3, 0.4) is 0 Å². The van der Waals surface area contributed by atoms with E-state index >= 15 is 0 Å². The van der Waals surface area contributed by atoms with Crippen LogP contribution in [0.5, 0.6) is 0 Å². The highest BCUT2D eigenvalue weighted by Gasteiger charge is 2.46. The Hall–Kier alpha value is -3.45. The van der Waals surface area contributed by atoms with Gasteiger partial charge in [-0.05, 0) is 73.4 Å². The molecule has 1 spiro atoms. The summed E-state index contributed by atoms with van der Waals surface area (Å²) >= 11 is 0. The van der Waals surface area contributed by atoms with Crippen molar-refractivity contribution >= 4 is 17.0 Å². The number of rotatable bonds is 2. The van der Waals surface area contributed by atoms with Gasteiger partial charge in [-0.1, -0.05) is 12.1 Å². The van der Waals surface area contributed by atoms with Crippen LogP contribution in [0.4, 0.5) is 11.5 Å². The molecule has 7 rings (SSSR count). The van der Waals surface area contributed by atoms with Gasteiger partial charge < -0.3 is 15.5 Å². The van der Waals surface area contributed by atoms with Crippen LogP contribution in [0.15, 0.2) is 48.8 Å². The molecule has 2 aliphatic heterocycles. The lowest BCUT2D eigenvalue weighted by atomic mass is 9.73. The second kappa shape index (κ2) is 7.52. The van der Waals surface area contributed by atoms with E-state index in [0.717, 1.165) is 68.0 Å². The lowest BCUT2D eigenvalue weighted by Gasteiger charge is -2.42. The Morgan fingerprint density at radius 1 is 1.06 bits per heavy atom. The number of likely N-dealkylation sites (N-methyl/N-ethyl adjacent to an activating group) is 1. The van der Waals surface area contributed by atoms with Crippen molar-refractivity contribution in [2.24, 2.45) is 11.1 Å². The molecule has 35 heavy (non-hydrogen) atoms. The SMILES string of the molecule is Cc1nc(N2CCC3(CC2)Cc2ncccc2[C@H]3N)c2ccnn2c1-c1ccc2c(c1)CCN2C. The number of benzene rings is 1. The number of aromatic nitrogens is 4. The van der Waals surface area contributed by atoms with E-state index in [9.17, 15) is 0 Å². The van der Waals surface area contributed by atoms with Crippen molar-refractivity contribution < 1.29 is 0 Å². The fourth-order valence-corrected chi connectivity index (χ4v) is 6.66. The summed E-state index contributed by atoms with van der Waals surface area (Å²) in [4.78, 5) is 14.5. The molecule has 7 nitrogen and oxygen atoms in total. The first kappa shape index (κ1) is 20.9. The average Bonchev–Trinajstić information content (AvgIpc) is 3.57. The van der Waals surface area contributed by atoms with Crippen molar-refractivity contribution in [1.29, 1.82) is 0 Å². The Kier molecular flexibility index (Phi) is 4.49. The minimum absolute atomic E-state index is 0.0688. The van der Waals surface area contributed by atoms with Crippen molar-refractivity contribution in [3.8, 4) is 11.3 Å². The van der Waals surface area contributed by atoms with Gasteiger partial charge in [0, 0.05) is 55.9 Å². The highest BCUT2D eigenvalue weighted by molar-refractivity contribution is 5.77. The van der Waals surface area contributed by atoms with E-state index in [0.29, 0.717) is 0 Å². The molecule has 0 bridgehead atoms. The van der Waals surface area contributed by atoms with E-state index in [-0.39, 0.29) is 11.5 Å². The van der Waals surface area contributed by atoms with Crippen LogP contribution in [0.2, 0.25) is 0 Å². The van der Waals surface area contributed by atoms with Crippen LogP contribution in [0.1, 0.15) is 41.4 Å². The monoisotopic (exact) mass is 465 g/mol. The molecule has 1 aromatic carbocycles. The van der Waals surface area contributed by atoms with E-state index in [1.54, 1.807) is 0 Å². The van der Waals surface area contributed by atoms with Gasteiger partial charge in [0.15, 0.2) is 5.82 Å². The summed E-state index contributed by atoms with van der Waals surface area (Å²) in [5, 5.41) is 4.74. The molecule has 5 heterocycles. The van der Waals surface area contributed by atoms with Gasteiger partial charge in [0.2, 0.25) is 0 Å². The molecule has 0 amide bonds. The molecule has 7 heteroatoms. The second-order valence-corrected chi connectivity index (χ2v) is 10.6. The van der Waals surface area contributed by atoms with Crippen LogP contribution < -0.4 is 15.5 Å². The first-order valence-corrected chi connectivity index (χ1v) is 12.7. The zero-order chi connectivity index (χ0) is 23.7. The van der Waals surface area contributed by atoms with Crippen molar-refractivity contribution in [3.63, 3.8) is 0 Å². The minimum atomic E-state index is 0.0688. The fraction of sp³-hybridized carbons (Fsp3) is 0.393. The number of anilines is 2. The molecule has 1 fully saturated rings. The minimum Gasteiger partial charge on any atom is -0.374 e. The lowest BCUT2D eigenvalue weighted by molar-refractivity contribution is 0.187. The molecule has 3 aromatic heterocycles. The predicted molar refractivity (Wildman–Crippen MR) is 139 cm³/mol. The molecule has 1 aliphatic carbocycles. The zero-order valence-corrected chi connectivity index (χ0v) is 20.4. The molecular formula is C28H31N7. The molecule has 0 saturated carbocycles. The van der Waals surface area contributed by atoms with Gasteiger partial charge in [-0.3, -0.25) is 4.98 Å². The van der Waals surface area contributed by atoms with E-state index in [2.05, 4.69) is 63.6 Å². The number of piperidine rings is 1. The number of nitrogens with two attached hydrogens (primary N) is 1. The van der Waals surface area contributed by atoms with Crippen LogP contribution in [0.25, 0.3) is 16.8 Å². The molecular weight excluding hydrogens is 434 g/mol. The van der Waals surface area contributed by atoms with Crippen LogP contribution >= 0.6 is 0 Å². The smallest absolute Gasteiger partial charge is 0.155 e. The number of pyridine rings is 1. The third kappa shape index (κ3) is 3.04. The van der Waals surface area contributed by atoms with Gasteiger partial charge in [0.1, 0.15) is 5.52 Å². The molecule has 4 aromatic rings. The Balaban J connectivity index is 1.21. The molecule has 3 aliphatic rings. The Bertz CT molecular complexity index is 1450. The third-order valence-electron chi connectivity index (χ3n) is 8.68. The van der Waals surface area contributed by atoms with Crippen molar-refractivity contribution in [2.75, 3.05) is 36.5 Å². The average molecular weight is 466 g/mol. The first-order valence-electron chi connectivity index (χ1n) is 12.7. The van der Waals surface area contributed by atoms with Gasteiger partial charge in [0.05, 0.1) is 17.6 Å². The maximum Gasteiger partial charge on any atom is 0.155 e. The maximum absolute atomic E-state index is 6.78. The molecule has 1 atom stereocenters. The van der Waals surface area contributed by atoms with Crippen LogP contribution in [-0.4, -0.2) is 46.3 Å². The number of aryl methyl sites for hydroxylation is 1. The zero-order valence-electron chi connectivity index (χ0n) is 20.4. The normalized spacial score (nSPS) is 20.6. The van der Waals surface area contributed by atoms with E-state index in [1.807, 2.05) is 18.5 Å². The number of hydrogen-bond acceptors (Lipinski definition) is 6. The van der Waals surface area contributed by atoms with Crippen LogP contribution in [0, 0.1) is 12.3 Å². The third-order valence-corrected chi connectivity index (χ3v) is 8.68. The quantitative estimate of drug-likeness (QED) is 0.483. The van der Waals surface area contributed by atoms with Gasteiger partial charge in [0.25, 0.3) is 0 Å². The summed E-state index contributed by atoms with van der Waals surface area (Å²) in [5.74, 6) is 1.03. The lowest BCUT2D eigenvalue weighted by Crippen LogP contribution is -2.44. The molecule has 2 N–H and O–H groups in total. The molecule has 0 unspecified atom stereocenters. The topological polar surface area (TPSA) is 75.6 Å². The Labute approximate surface area is 205 Å². The summed E-state index contributed by atoms with van der Waals surface area (Å²) in [5.41, 5.74) is 16.4. The molecule has 1 saturated heterocycles. The van der Waals surface area contributed by atoms with Gasteiger partial charge in [-0.2, -0.15) is 5.10 Å². The van der Waals surface area contributed by atoms with Crippen molar-refractivity contribution in [2.45, 2.75) is 38.6 Å². The van der Waals surface area contributed by atoms with Gasteiger partial charge >= 0.3 is 0 Å². The second-order valence-electron chi connectivity index (χ2n) is 10.6. The van der Waals surface area contributed by atoms with E-state index < -0.39 is 0 Å². The van der Waals surface area contributed by atoms with Crippen molar-refractivity contribution in [3.05, 3.63) is 71.3 Å². The number of fused-ring (bicyclic) bond motifs is 3. The number of hydrogen-bond donors (Lipinski definition) is 1. The Morgan fingerprint density at radius 2 is 1.91 bits per heavy atom. The fourth-order valence-electron chi connectivity index (χ4n) is 6.66. The predicted octanol–water partition coefficient (Wildman–Crippen LogP) is 3.93. The largest absolute Gasteiger partial charge is 0.374 e. The number of nitrogens with zero attached hydrogens (tertiary/aromatic N) is 6. The molecule has 0 radical (unpaired) electrons. The highest BCUT2D eigenvalue weighted by Crippen LogP contribution is 2.50. The first-order chi connectivity index (χ1) is 17.0. The summed E-state index contributed by atoms with van der Waals surface area (Å²) in [7, 11) is 2.16. The van der Waals surface area contributed by atoms with E-state index in [1.165, 1.54) is 28.1 Å². The summed E-state index contributed by atoms with van der Waals surface area (Å²) in [6.07, 6.45) is 7.95. The van der Waals surface area contributed by atoms with Gasteiger partial charge in [-0.15, -0.1) is 0 Å². The standard InChI is InChI=1S/C28H31N7/c1-18-25(20-5-6-23-19(16-20)8-13-33(23)2)35-24(7-12-31-35)27(32-18)34-14-9-28(10-15-34)17-22-21(26(28)29)4-3-11-30-22/h3-7,11-12,16,26H,8-10,13-15,17,29H2,1-2H3/t26-/m1/s1. The van der Waals surface area contributed by atoms with E-state index in [4.69, 9.17) is 15.8 Å². The summed E-state index contributed by atoms with van der Waals surface area (Å²) in [6.45, 7) is 5.08. The highest BCUT2D eigenvalue weighted by atomic mass is 15.3. The molecule has 178 valence electrons. The Morgan fingerprint density at radius 3 is 2.74 bits per heavy atom. The summed E-state index contributed by atoms with van der Waals surface area (Å²) in [6, 6.07) is 13.1. The summed E-state index contributed by atoms with van der Waals surface area (Å²) < 4.78 is 2.09. The van der Waals surface area contributed by atoms with Gasteiger partial charge in [-0.25, -0.2) is 9.50 Å². The van der Waals surface area contributed by atoms with Crippen LogP contribution in [-0.2, 0) is 12.8 Å². The van der Waals surface area contributed by atoms with Crippen molar-refractivity contribution in [1.82, 2.24) is 19.6 Å². The maximum atomic E-state index is 6.78.